The highest BCUT2D eigenvalue weighted by Crippen LogP contribution is 2.10. The third kappa shape index (κ3) is 8.12. The maximum Gasteiger partial charge on any atom is 0.221 e. The fraction of sp³-hybridized carbons (Fsp3) is 0.889. The van der Waals surface area contributed by atoms with Crippen LogP contribution < -0.4 is 5.32 Å². The number of amides is 1. The topological polar surface area (TPSA) is 49.3 Å². The van der Waals surface area contributed by atoms with E-state index in [0.29, 0.717) is 6.42 Å². The molecule has 0 bridgehead atoms. The normalized spacial score (nSPS) is 13.0. The molecule has 1 amide bonds. The maximum absolute atomic E-state index is 11.1. The Hall–Kier alpha value is -0.220. The van der Waals surface area contributed by atoms with Gasteiger partial charge in [-0.2, -0.15) is 11.8 Å². The van der Waals surface area contributed by atoms with E-state index in [1.807, 2.05) is 20.8 Å². The molecule has 78 valence electrons. The Morgan fingerprint density at radius 3 is 2.54 bits per heavy atom. The number of carbonyl (C=O) groups excluding carboxylic acids is 1. The van der Waals surface area contributed by atoms with Crippen LogP contribution in [0.5, 0.6) is 0 Å². The number of nitrogens with one attached hydrogen (secondary N) is 1. The first-order valence-corrected chi connectivity index (χ1v) is 5.63. The largest absolute Gasteiger partial charge is 0.395 e. The van der Waals surface area contributed by atoms with Crippen molar-refractivity contribution in [3.05, 3.63) is 0 Å². The molecule has 4 heteroatoms. The predicted molar refractivity (Wildman–Crippen MR) is 56.9 cm³/mol. The molecule has 0 aromatic carbocycles. The van der Waals surface area contributed by atoms with Gasteiger partial charge in [-0.25, -0.2) is 0 Å². The molecular formula is C9H19NO2S. The average Bonchev–Trinajstić information content (AvgIpc) is 2.02. The fourth-order valence-electron chi connectivity index (χ4n) is 0.800. The van der Waals surface area contributed by atoms with Gasteiger partial charge in [-0.15, -0.1) is 0 Å². The lowest BCUT2D eigenvalue weighted by Gasteiger charge is -2.09. The van der Waals surface area contributed by atoms with Crippen LogP contribution in [0.4, 0.5) is 0 Å². The van der Waals surface area contributed by atoms with Crippen LogP contribution >= 0.6 is 11.8 Å². The fourth-order valence-corrected chi connectivity index (χ4v) is 1.61. The zero-order valence-corrected chi connectivity index (χ0v) is 9.36. The molecule has 0 aliphatic rings. The predicted octanol–water partition coefficient (Wildman–Crippen LogP) is 1.02. The van der Waals surface area contributed by atoms with Gasteiger partial charge < -0.3 is 10.4 Å². The number of hydrogen-bond acceptors (Lipinski definition) is 3. The smallest absolute Gasteiger partial charge is 0.221 e. The van der Waals surface area contributed by atoms with Gasteiger partial charge in [-0.1, -0.05) is 6.92 Å². The second-order valence-corrected chi connectivity index (χ2v) is 4.88. The summed E-state index contributed by atoms with van der Waals surface area (Å²) < 4.78 is 0. The molecule has 0 saturated carbocycles. The van der Waals surface area contributed by atoms with Crippen LogP contribution in [0.3, 0.4) is 0 Å². The van der Waals surface area contributed by atoms with Crippen molar-refractivity contribution in [1.82, 2.24) is 5.32 Å². The van der Waals surface area contributed by atoms with Crippen molar-refractivity contribution < 1.29 is 9.90 Å². The highest BCUT2D eigenvalue weighted by Gasteiger charge is 2.05. The molecule has 1 unspecified atom stereocenters. The number of carbonyl (C=O) groups is 1. The molecule has 2 N–H and O–H groups in total. The zero-order chi connectivity index (χ0) is 10.3. The Morgan fingerprint density at radius 2 is 2.08 bits per heavy atom. The van der Waals surface area contributed by atoms with Gasteiger partial charge >= 0.3 is 0 Å². The van der Waals surface area contributed by atoms with Gasteiger partial charge in [0.15, 0.2) is 0 Å². The van der Waals surface area contributed by atoms with E-state index in [1.54, 1.807) is 11.8 Å². The summed E-state index contributed by atoms with van der Waals surface area (Å²) >= 11 is 1.62. The zero-order valence-electron chi connectivity index (χ0n) is 8.54. The monoisotopic (exact) mass is 205 g/mol. The number of thioether (sulfide) groups is 1. The summed E-state index contributed by atoms with van der Waals surface area (Å²) in [4.78, 5) is 11.1. The van der Waals surface area contributed by atoms with Crippen LogP contribution in [-0.4, -0.2) is 34.7 Å². The minimum Gasteiger partial charge on any atom is -0.395 e. The highest BCUT2D eigenvalue weighted by molar-refractivity contribution is 7.99. The van der Waals surface area contributed by atoms with Crippen molar-refractivity contribution in [3.63, 3.8) is 0 Å². The van der Waals surface area contributed by atoms with Crippen LogP contribution in [0.1, 0.15) is 27.2 Å². The average molecular weight is 205 g/mol. The van der Waals surface area contributed by atoms with E-state index in [2.05, 4.69) is 5.32 Å². The van der Waals surface area contributed by atoms with E-state index in [9.17, 15) is 4.79 Å². The van der Waals surface area contributed by atoms with Gasteiger partial charge in [0, 0.05) is 23.5 Å². The molecule has 0 fully saturated rings. The van der Waals surface area contributed by atoms with Crippen molar-refractivity contribution in [2.75, 3.05) is 12.4 Å². The van der Waals surface area contributed by atoms with E-state index >= 15 is 0 Å². The molecule has 0 aromatic heterocycles. The molecule has 0 spiro atoms. The number of hydrogen-bond donors (Lipinski definition) is 2. The number of aliphatic hydroxyl groups excluding tert-OH is 1. The van der Waals surface area contributed by atoms with Crippen molar-refractivity contribution in [2.45, 2.75) is 38.5 Å². The molecule has 0 saturated heterocycles. The van der Waals surface area contributed by atoms with Gasteiger partial charge in [0.05, 0.1) is 6.61 Å². The molecule has 1 atom stereocenters. The van der Waals surface area contributed by atoms with E-state index in [1.165, 1.54) is 0 Å². The molecule has 0 aromatic rings. The van der Waals surface area contributed by atoms with E-state index < -0.39 is 0 Å². The minimum atomic E-state index is 0.0904. The van der Waals surface area contributed by atoms with Gasteiger partial charge in [-0.3, -0.25) is 4.79 Å². The summed E-state index contributed by atoms with van der Waals surface area (Å²) in [6, 6.07) is 0.216. The second kappa shape index (κ2) is 7.21. The number of rotatable bonds is 6. The van der Waals surface area contributed by atoms with Gasteiger partial charge in [0.1, 0.15) is 0 Å². The Labute approximate surface area is 84.3 Å². The first-order chi connectivity index (χ1) is 6.06. The Bertz CT molecular complexity index is 151. The second-order valence-electron chi connectivity index (χ2n) is 3.34. The van der Waals surface area contributed by atoms with Gasteiger partial charge in [-0.05, 0) is 13.8 Å². The number of aliphatic hydroxyl groups is 1. The quantitative estimate of drug-likeness (QED) is 0.680. The third-order valence-electron chi connectivity index (χ3n) is 1.44. The molecule has 13 heavy (non-hydrogen) atoms. The van der Waals surface area contributed by atoms with Crippen LogP contribution in [0, 0.1) is 0 Å². The lowest BCUT2D eigenvalue weighted by atomic mass is 10.3. The van der Waals surface area contributed by atoms with Crippen LogP contribution in [-0.2, 0) is 4.79 Å². The van der Waals surface area contributed by atoms with E-state index in [4.69, 9.17) is 5.11 Å². The lowest BCUT2D eigenvalue weighted by molar-refractivity contribution is -0.121. The van der Waals surface area contributed by atoms with Gasteiger partial charge in [0.2, 0.25) is 5.91 Å². The first-order valence-electron chi connectivity index (χ1n) is 4.58. The van der Waals surface area contributed by atoms with Crippen LogP contribution in [0.15, 0.2) is 0 Å². The molecule has 0 aliphatic carbocycles. The Balaban J connectivity index is 3.37. The first kappa shape index (κ1) is 12.8. The molecule has 0 rings (SSSR count). The molecule has 0 heterocycles. The summed E-state index contributed by atoms with van der Waals surface area (Å²) in [6.45, 7) is 6.02. The molecule has 0 radical (unpaired) electrons. The van der Waals surface area contributed by atoms with E-state index in [0.717, 1.165) is 5.75 Å². The lowest BCUT2D eigenvalue weighted by Crippen LogP contribution is -2.30. The van der Waals surface area contributed by atoms with Crippen molar-refractivity contribution >= 4 is 17.7 Å². The van der Waals surface area contributed by atoms with E-state index in [-0.39, 0.29) is 23.8 Å². The summed E-state index contributed by atoms with van der Waals surface area (Å²) in [6.07, 6.45) is 0.535. The van der Waals surface area contributed by atoms with Crippen molar-refractivity contribution in [1.29, 1.82) is 0 Å². The summed E-state index contributed by atoms with van der Waals surface area (Å²) in [5, 5.41) is 11.8. The minimum absolute atomic E-state index is 0.0904. The summed E-state index contributed by atoms with van der Waals surface area (Å²) in [7, 11) is 0. The van der Waals surface area contributed by atoms with Crippen molar-refractivity contribution in [2.24, 2.45) is 0 Å². The van der Waals surface area contributed by atoms with Crippen LogP contribution in [0.2, 0.25) is 0 Å². The Morgan fingerprint density at radius 1 is 1.46 bits per heavy atom. The summed E-state index contributed by atoms with van der Waals surface area (Å²) in [5.74, 6) is 0.868. The summed E-state index contributed by atoms with van der Waals surface area (Å²) in [5.41, 5.74) is 0. The molecule has 0 aliphatic heterocycles. The van der Waals surface area contributed by atoms with Crippen LogP contribution in [0.25, 0.3) is 0 Å². The van der Waals surface area contributed by atoms with Gasteiger partial charge in [0.25, 0.3) is 0 Å². The third-order valence-corrected chi connectivity index (χ3v) is 2.60. The Kier molecular flexibility index (Phi) is 7.09. The highest BCUT2D eigenvalue weighted by atomic mass is 32.2. The standard InChI is InChI=1S/C9H19NO2S/c1-7(2)10-9(12)4-5-13-8(3)6-11/h7-8,11H,4-6H2,1-3H3,(H,10,12). The SMILES string of the molecule is CC(C)NC(=O)CCSC(C)CO. The maximum atomic E-state index is 11.1. The van der Waals surface area contributed by atoms with Crippen molar-refractivity contribution in [3.8, 4) is 0 Å². The molecular weight excluding hydrogens is 186 g/mol. The molecule has 3 nitrogen and oxygen atoms in total.